The third-order valence-corrected chi connectivity index (χ3v) is 6.65. The first-order valence-corrected chi connectivity index (χ1v) is 12.2. The highest BCUT2D eigenvalue weighted by Gasteiger charge is 2.13. The molecule has 0 unspecified atom stereocenters. The first kappa shape index (κ1) is 23.1. The average molecular weight is 474 g/mol. The van der Waals surface area contributed by atoms with Crippen LogP contribution in [0.4, 0.5) is 11.5 Å². The maximum atomic E-state index is 12.7. The molecule has 0 fully saturated rings. The molecule has 0 bridgehead atoms. The fraction of sp³-hybridized carbons (Fsp3) is 0.120. The number of rotatable bonds is 7. The van der Waals surface area contributed by atoms with E-state index < -0.39 is 9.84 Å². The summed E-state index contributed by atoms with van der Waals surface area (Å²) >= 11 is 0. The van der Waals surface area contributed by atoms with Gasteiger partial charge in [0.2, 0.25) is 5.91 Å². The second kappa shape index (κ2) is 9.80. The number of hydrogen-bond acceptors (Lipinski definition) is 7. The van der Waals surface area contributed by atoms with Crippen LogP contribution in [0.15, 0.2) is 84.2 Å². The van der Waals surface area contributed by atoms with Crippen molar-refractivity contribution in [2.75, 3.05) is 16.4 Å². The highest BCUT2D eigenvalue weighted by atomic mass is 32.2. The average Bonchev–Trinajstić information content (AvgIpc) is 2.82. The van der Waals surface area contributed by atoms with Gasteiger partial charge in [-0.25, -0.2) is 13.4 Å². The maximum absolute atomic E-state index is 12.7. The number of nitrogens with one attached hydrogen (secondary N) is 2. The highest BCUT2D eigenvalue weighted by Crippen LogP contribution is 2.27. The Morgan fingerprint density at radius 3 is 2.50 bits per heavy atom. The van der Waals surface area contributed by atoms with Crippen molar-refractivity contribution >= 4 is 38.2 Å². The number of anilines is 2. The van der Waals surface area contributed by atoms with E-state index in [9.17, 15) is 13.2 Å². The van der Waals surface area contributed by atoms with Gasteiger partial charge in [-0.3, -0.25) is 14.8 Å². The zero-order valence-electron chi connectivity index (χ0n) is 18.7. The molecular weight excluding hydrogens is 450 g/mol. The van der Waals surface area contributed by atoms with Crippen LogP contribution in [-0.2, 0) is 14.6 Å². The number of amides is 1. The summed E-state index contributed by atoms with van der Waals surface area (Å²) in [6, 6.07) is 15.6. The van der Waals surface area contributed by atoms with E-state index in [1.165, 1.54) is 25.1 Å². The van der Waals surface area contributed by atoms with Crippen LogP contribution in [-0.4, -0.2) is 35.0 Å². The molecule has 0 radical (unpaired) electrons. The van der Waals surface area contributed by atoms with Gasteiger partial charge in [-0.15, -0.1) is 0 Å². The number of benzene rings is 1. The summed E-state index contributed by atoms with van der Waals surface area (Å²) in [4.78, 5) is 24.8. The van der Waals surface area contributed by atoms with Gasteiger partial charge < -0.3 is 10.6 Å². The molecule has 0 saturated carbocycles. The largest absolute Gasteiger partial charge is 0.345 e. The molecule has 9 heteroatoms. The fourth-order valence-electron chi connectivity index (χ4n) is 3.42. The Morgan fingerprint density at radius 1 is 1.03 bits per heavy atom. The van der Waals surface area contributed by atoms with Crippen molar-refractivity contribution in [3.8, 4) is 11.4 Å². The van der Waals surface area contributed by atoms with E-state index in [-0.39, 0.29) is 16.6 Å². The van der Waals surface area contributed by atoms with Gasteiger partial charge in [-0.1, -0.05) is 18.2 Å². The Morgan fingerprint density at radius 2 is 1.76 bits per heavy atom. The second-order valence-corrected chi connectivity index (χ2v) is 9.67. The van der Waals surface area contributed by atoms with Crippen LogP contribution in [0, 0.1) is 6.92 Å². The number of nitrogens with zero attached hydrogens (tertiary/aromatic N) is 3. The van der Waals surface area contributed by atoms with Crippen molar-refractivity contribution in [2.24, 2.45) is 0 Å². The third-order valence-electron chi connectivity index (χ3n) is 5.03. The first-order chi connectivity index (χ1) is 16.3. The minimum absolute atomic E-state index is 0.170. The molecule has 0 aliphatic rings. The highest BCUT2D eigenvalue weighted by molar-refractivity contribution is 7.91. The Labute approximate surface area is 197 Å². The molecule has 172 valence electrons. The van der Waals surface area contributed by atoms with Crippen molar-refractivity contribution in [3.63, 3.8) is 0 Å². The number of fused-ring (bicyclic) bond motifs is 1. The molecule has 0 aliphatic heterocycles. The molecule has 4 rings (SSSR count). The molecular formula is C25H23N5O3S. The van der Waals surface area contributed by atoms with Gasteiger partial charge >= 0.3 is 0 Å². The summed E-state index contributed by atoms with van der Waals surface area (Å²) < 4.78 is 25.3. The van der Waals surface area contributed by atoms with Crippen molar-refractivity contribution in [2.45, 2.75) is 18.7 Å². The molecule has 3 aromatic heterocycles. The van der Waals surface area contributed by atoms with Crippen LogP contribution in [0.2, 0.25) is 0 Å². The van der Waals surface area contributed by atoms with E-state index in [1.54, 1.807) is 30.7 Å². The summed E-state index contributed by atoms with van der Waals surface area (Å²) in [5, 5.41) is 6.58. The molecule has 3 heterocycles. The molecule has 2 N–H and O–H groups in total. The molecule has 4 aromatic rings. The van der Waals surface area contributed by atoms with Gasteiger partial charge in [0.05, 0.1) is 22.0 Å². The van der Waals surface area contributed by atoms with Gasteiger partial charge in [-0.2, -0.15) is 0 Å². The zero-order chi connectivity index (χ0) is 24.1. The van der Waals surface area contributed by atoms with E-state index in [0.717, 1.165) is 16.6 Å². The standard InChI is InChI=1S/C25H23N5O3S/c1-17-6-3-12-26-23(17)22-16-19-7-4-13-27-24(19)25(30-22)28-14-5-15-34(32,33)21-10-8-20(9-11-21)29-18(2)31/h3-14,16H,15H2,1-2H3,(H,28,30)(H,29,31). The van der Waals surface area contributed by atoms with Crippen molar-refractivity contribution < 1.29 is 13.2 Å². The SMILES string of the molecule is CC(=O)Nc1ccc(S(=O)(=O)CC=CNc2nc(-c3ncccc3C)cc3cccnc23)cc1. The minimum atomic E-state index is -3.54. The molecule has 1 amide bonds. The van der Waals surface area contributed by atoms with E-state index in [2.05, 4.69) is 25.6 Å². The molecule has 0 aliphatic carbocycles. The van der Waals surface area contributed by atoms with Crippen LogP contribution < -0.4 is 10.6 Å². The van der Waals surface area contributed by atoms with E-state index >= 15 is 0 Å². The van der Waals surface area contributed by atoms with Gasteiger partial charge in [0, 0.05) is 30.4 Å². The van der Waals surface area contributed by atoms with Gasteiger partial charge in [0.15, 0.2) is 15.7 Å². The van der Waals surface area contributed by atoms with E-state index in [1.807, 2.05) is 37.3 Å². The number of sulfone groups is 1. The number of carbonyl (C=O) groups is 1. The third kappa shape index (κ3) is 5.26. The minimum Gasteiger partial charge on any atom is -0.345 e. The first-order valence-electron chi connectivity index (χ1n) is 10.5. The topological polar surface area (TPSA) is 114 Å². The summed E-state index contributed by atoms with van der Waals surface area (Å²) in [5.74, 6) is 0.0816. The molecule has 8 nitrogen and oxygen atoms in total. The summed E-state index contributed by atoms with van der Waals surface area (Å²) in [6.45, 7) is 3.36. The normalized spacial score (nSPS) is 11.6. The van der Waals surface area contributed by atoms with Crippen molar-refractivity contribution in [3.05, 3.63) is 84.8 Å². The summed E-state index contributed by atoms with van der Waals surface area (Å²) in [6.07, 6.45) is 6.47. The quantitative estimate of drug-likeness (QED) is 0.410. The lowest BCUT2D eigenvalue weighted by molar-refractivity contribution is -0.114. The predicted molar refractivity (Wildman–Crippen MR) is 133 cm³/mol. The van der Waals surface area contributed by atoms with Gasteiger partial charge in [0.1, 0.15) is 5.52 Å². The Hall–Kier alpha value is -4.11. The molecule has 34 heavy (non-hydrogen) atoms. The summed E-state index contributed by atoms with van der Waals surface area (Å²) in [7, 11) is -3.54. The number of hydrogen-bond donors (Lipinski definition) is 2. The fourth-order valence-corrected chi connectivity index (χ4v) is 4.51. The van der Waals surface area contributed by atoms with E-state index in [0.29, 0.717) is 22.7 Å². The summed E-state index contributed by atoms with van der Waals surface area (Å²) in [5.41, 5.74) is 3.67. The van der Waals surface area contributed by atoms with Crippen LogP contribution >= 0.6 is 0 Å². The van der Waals surface area contributed by atoms with Crippen LogP contribution in [0.1, 0.15) is 12.5 Å². The van der Waals surface area contributed by atoms with Gasteiger partial charge in [-0.05, 0) is 61.2 Å². The Balaban J connectivity index is 1.54. The smallest absolute Gasteiger partial charge is 0.221 e. The number of aryl methyl sites for hydroxylation is 1. The molecule has 0 atom stereocenters. The zero-order valence-corrected chi connectivity index (χ0v) is 19.5. The monoisotopic (exact) mass is 473 g/mol. The number of pyridine rings is 3. The molecule has 0 spiro atoms. The lowest BCUT2D eigenvalue weighted by atomic mass is 10.1. The van der Waals surface area contributed by atoms with Gasteiger partial charge in [0.25, 0.3) is 0 Å². The van der Waals surface area contributed by atoms with Crippen molar-refractivity contribution in [1.29, 1.82) is 0 Å². The lowest BCUT2D eigenvalue weighted by Gasteiger charge is -2.10. The van der Waals surface area contributed by atoms with Crippen LogP contribution in [0.25, 0.3) is 22.3 Å². The maximum Gasteiger partial charge on any atom is 0.221 e. The molecule has 0 saturated heterocycles. The lowest BCUT2D eigenvalue weighted by Crippen LogP contribution is -2.08. The van der Waals surface area contributed by atoms with Crippen LogP contribution in [0.3, 0.4) is 0 Å². The van der Waals surface area contributed by atoms with E-state index in [4.69, 9.17) is 0 Å². The Kier molecular flexibility index (Phi) is 6.65. The Bertz CT molecular complexity index is 1480. The van der Waals surface area contributed by atoms with Crippen LogP contribution in [0.5, 0.6) is 0 Å². The van der Waals surface area contributed by atoms with Crippen molar-refractivity contribution in [1.82, 2.24) is 15.0 Å². The number of aromatic nitrogens is 3. The number of carbonyl (C=O) groups excluding carboxylic acids is 1. The second-order valence-electron chi connectivity index (χ2n) is 7.63. The molecule has 1 aromatic carbocycles. The predicted octanol–water partition coefficient (Wildman–Crippen LogP) is 4.36.